The maximum absolute atomic E-state index is 11.9. The van der Waals surface area contributed by atoms with Gasteiger partial charge in [-0.05, 0) is 18.9 Å². The minimum atomic E-state index is -3.24. The standard InChI is InChI=1S/C15H17N5O2S/c1-23(21,22)20-8-4-7-13(20)15-17-14(18-19-15)11-9-16-12-6-3-2-5-10(11)12/h2-3,5-6,9,13,16H,4,7-8H2,1H3,(H,17,18,19)/t13-/m0/s1. The Balaban J connectivity index is 1.72. The van der Waals surface area contributed by atoms with Crippen molar-refractivity contribution in [3.63, 3.8) is 0 Å². The van der Waals surface area contributed by atoms with Crippen molar-refractivity contribution in [1.29, 1.82) is 0 Å². The van der Waals surface area contributed by atoms with Crippen LogP contribution in [-0.4, -0.2) is 45.7 Å². The number of para-hydroxylation sites is 1. The van der Waals surface area contributed by atoms with E-state index in [-0.39, 0.29) is 6.04 Å². The van der Waals surface area contributed by atoms with Crippen molar-refractivity contribution >= 4 is 20.9 Å². The summed E-state index contributed by atoms with van der Waals surface area (Å²) in [5.74, 6) is 1.19. The summed E-state index contributed by atoms with van der Waals surface area (Å²) in [4.78, 5) is 7.75. The monoisotopic (exact) mass is 331 g/mol. The number of aromatic nitrogens is 4. The Labute approximate surface area is 133 Å². The molecule has 0 spiro atoms. The van der Waals surface area contributed by atoms with Crippen molar-refractivity contribution in [2.24, 2.45) is 0 Å². The second-order valence-corrected chi connectivity index (χ2v) is 7.76. The molecule has 3 heterocycles. The van der Waals surface area contributed by atoms with Gasteiger partial charge in [0.15, 0.2) is 5.82 Å². The molecule has 23 heavy (non-hydrogen) atoms. The molecule has 1 saturated heterocycles. The lowest BCUT2D eigenvalue weighted by Gasteiger charge is -2.19. The third-order valence-corrected chi connectivity index (χ3v) is 5.57. The molecule has 1 aliphatic heterocycles. The number of fused-ring (bicyclic) bond motifs is 1. The predicted molar refractivity (Wildman–Crippen MR) is 87.2 cm³/mol. The van der Waals surface area contributed by atoms with Crippen molar-refractivity contribution in [3.05, 3.63) is 36.3 Å². The Kier molecular flexibility index (Phi) is 3.24. The second kappa shape index (κ2) is 5.17. The van der Waals surface area contributed by atoms with Gasteiger partial charge in [0.25, 0.3) is 0 Å². The van der Waals surface area contributed by atoms with Crippen LogP contribution < -0.4 is 0 Å². The lowest BCUT2D eigenvalue weighted by molar-refractivity contribution is 0.387. The summed E-state index contributed by atoms with van der Waals surface area (Å²) in [7, 11) is -3.24. The fraction of sp³-hybridized carbons (Fsp3) is 0.333. The molecule has 0 bridgehead atoms. The first-order chi connectivity index (χ1) is 11.0. The summed E-state index contributed by atoms with van der Waals surface area (Å²) in [5, 5.41) is 8.26. The molecule has 120 valence electrons. The molecule has 8 heteroatoms. The number of rotatable bonds is 3. The van der Waals surface area contributed by atoms with Gasteiger partial charge in [0.05, 0.1) is 12.3 Å². The molecule has 7 nitrogen and oxygen atoms in total. The van der Waals surface area contributed by atoms with E-state index >= 15 is 0 Å². The summed E-state index contributed by atoms with van der Waals surface area (Å²) in [6.45, 7) is 0.534. The normalized spacial score (nSPS) is 19.6. The van der Waals surface area contributed by atoms with Crippen LogP contribution in [0.15, 0.2) is 30.5 Å². The Bertz CT molecular complexity index is 959. The number of nitrogens with zero attached hydrogens (tertiary/aromatic N) is 3. The number of benzene rings is 1. The van der Waals surface area contributed by atoms with Gasteiger partial charge in [-0.25, -0.2) is 13.4 Å². The molecule has 3 aromatic rings. The molecule has 0 unspecified atom stereocenters. The van der Waals surface area contributed by atoms with Gasteiger partial charge in [-0.3, -0.25) is 5.10 Å². The van der Waals surface area contributed by atoms with Crippen molar-refractivity contribution in [2.75, 3.05) is 12.8 Å². The quantitative estimate of drug-likeness (QED) is 0.768. The van der Waals surface area contributed by atoms with Crippen molar-refractivity contribution < 1.29 is 8.42 Å². The molecular weight excluding hydrogens is 314 g/mol. The Morgan fingerprint density at radius 3 is 2.96 bits per heavy atom. The van der Waals surface area contributed by atoms with Crippen molar-refractivity contribution in [1.82, 2.24) is 24.5 Å². The molecule has 4 rings (SSSR count). The number of nitrogens with one attached hydrogen (secondary N) is 2. The van der Waals surface area contributed by atoms with Gasteiger partial charge in [0.2, 0.25) is 10.0 Å². The van der Waals surface area contributed by atoms with E-state index in [1.165, 1.54) is 10.6 Å². The number of aromatic amines is 2. The van der Waals surface area contributed by atoms with Crippen LogP contribution >= 0.6 is 0 Å². The Hall–Kier alpha value is -2.19. The van der Waals surface area contributed by atoms with Crippen LogP contribution in [0.2, 0.25) is 0 Å². The van der Waals surface area contributed by atoms with Gasteiger partial charge in [0.1, 0.15) is 5.82 Å². The molecule has 0 aliphatic carbocycles. The van der Waals surface area contributed by atoms with Crippen LogP contribution in [0.4, 0.5) is 0 Å². The number of sulfonamides is 1. The fourth-order valence-corrected chi connectivity index (χ4v) is 4.34. The van der Waals surface area contributed by atoms with Crippen LogP contribution in [0.1, 0.15) is 24.7 Å². The molecule has 1 aliphatic rings. The molecule has 1 fully saturated rings. The fourth-order valence-electron chi connectivity index (χ4n) is 3.21. The second-order valence-electron chi connectivity index (χ2n) is 5.82. The highest BCUT2D eigenvalue weighted by molar-refractivity contribution is 7.88. The maximum Gasteiger partial charge on any atom is 0.211 e. The third-order valence-electron chi connectivity index (χ3n) is 4.28. The average molecular weight is 331 g/mol. The predicted octanol–water partition coefficient (Wildman–Crippen LogP) is 2.05. The van der Waals surface area contributed by atoms with Crippen molar-refractivity contribution in [3.8, 4) is 11.4 Å². The summed E-state index contributed by atoms with van der Waals surface area (Å²) in [5.41, 5.74) is 1.93. The number of H-pyrrole nitrogens is 2. The van der Waals surface area contributed by atoms with Crippen molar-refractivity contribution in [2.45, 2.75) is 18.9 Å². The summed E-state index contributed by atoms with van der Waals surface area (Å²) < 4.78 is 25.3. The van der Waals surface area contributed by atoms with Crippen LogP contribution in [0, 0.1) is 0 Å². The molecular formula is C15H17N5O2S. The Morgan fingerprint density at radius 1 is 1.30 bits per heavy atom. The zero-order valence-electron chi connectivity index (χ0n) is 12.7. The molecule has 0 saturated carbocycles. The van der Waals surface area contributed by atoms with Gasteiger partial charge >= 0.3 is 0 Å². The first kappa shape index (κ1) is 14.4. The highest BCUT2D eigenvalue weighted by Crippen LogP contribution is 2.33. The smallest absolute Gasteiger partial charge is 0.211 e. The van der Waals surface area contributed by atoms with Crippen LogP contribution in [0.3, 0.4) is 0 Å². The number of hydrogen-bond acceptors (Lipinski definition) is 4. The first-order valence-electron chi connectivity index (χ1n) is 7.49. The SMILES string of the molecule is CS(=O)(=O)N1CCC[C@H]1c1nc(-c2c[nH]c3ccccc23)n[nH]1. The first-order valence-corrected chi connectivity index (χ1v) is 9.34. The number of hydrogen-bond donors (Lipinski definition) is 2. The van der Waals surface area contributed by atoms with E-state index in [9.17, 15) is 8.42 Å². The molecule has 1 atom stereocenters. The van der Waals surface area contributed by atoms with E-state index in [1.807, 2.05) is 30.5 Å². The molecule has 0 amide bonds. The third kappa shape index (κ3) is 2.43. The van der Waals surface area contributed by atoms with E-state index in [1.54, 1.807) is 0 Å². The molecule has 2 aromatic heterocycles. The lowest BCUT2D eigenvalue weighted by atomic mass is 10.1. The highest BCUT2D eigenvalue weighted by Gasteiger charge is 2.34. The van der Waals surface area contributed by atoms with Crippen LogP contribution in [-0.2, 0) is 10.0 Å². The minimum Gasteiger partial charge on any atom is -0.360 e. The largest absolute Gasteiger partial charge is 0.360 e. The van der Waals surface area contributed by atoms with E-state index in [4.69, 9.17) is 0 Å². The van der Waals surface area contributed by atoms with E-state index in [0.717, 1.165) is 29.3 Å². The van der Waals surface area contributed by atoms with E-state index in [2.05, 4.69) is 20.2 Å². The van der Waals surface area contributed by atoms with Gasteiger partial charge in [-0.15, -0.1) is 0 Å². The lowest BCUT2D eigenvalue weighted by Crippen LogP contribution is -2.30. The molecule has 2 N–H and O–H groups in total. The van der Waals surface area contributed by atoms with Gasteiger partial charge < -0.3 is 4.98 Å². The minimum absolute atomic E-state index is 0.253. The van der Waals surface area contributed by atoms with Crippen LogP contribution in [0.25, 0.3) is 22.3 Å². The van der Waals surface area contributed by atoms with E-state index in [0.29, 0.717) is 18.2 Å². The van der Waals surface area contributed by atoms with E-state index < -0.39 is 10.0 Å². The average Bonchev–Trinajstić information content (AvgIpc) is 3.24. The van der Waals surface area contributed by atoms with Crippen LogP contribution in [0.5, 0.6) is 0 Å². The highest BCUT2D eigenvalue weighted by atomic mass is 32.2. The zero-order valence-corrected chi connectivity index (χ0v) is 13.5. The molecule has 0 radical (unpaired) electrons. The summed E-state index contributed by atoms with van der Waals surface area (Å²) in [6, 6.07) is 7.69. The topological polar surface area (TPSA) is 94.7 Å². The van der Waals surface area contributed by atoms with Gasteiger partial charge in [-0.2, -0.15) is 9.40 Å². The Morgan fingerprint density at radius 2 is 2.13 bits per heavy atom. The molecule has 1 aromatic carbocycles. The summed E-state index contributed by atoms with van der Waals surface area (Å²) in [6.07, 6.45) is 4.71. The van der Waals surface area contributed by atoms with Gasteiger partial charge in [0, 0.05) is 29.2 Å². The van der Waals surface area contributed by atoms with Gasteiger partial charge in [-0.1, -0.05) is 18.2 Å². The summed E-state index contributed by atoms with van der Waals surface area (Å²) >= 11 is 0. The zero-order chi connectivity index (χ0) is 16.0. The maximum atomic E-state index is 11.9.